The molecule has 3 heterocycles. The van der Waals surface area contributed by atoms with Gasteiger partial charge in [0.15, 0.2) is 5.82 Å². The highest BCUT2D eigenvalue weighted by Crippen LogP contribution is 2.28. The van der Waals surface area contributed by atoms with E-state index in [9.17, 15) is 18.0 Å². The summed E-state index contributed by atoms with van der Waals surface area (Å²) >= 11 is 0. The number of anilines is 1. The lowest BCUT2D eigenvalue weighted by molar-refractivity contribution is -0.141. The number of rotatable bonds is 8. The van der Waals surface area contributed by atoms with Crippen molar-refractivity contribution in [2.45, 2.75) is 46.3 Å². The number of hydrogen-bond donors (Lipinski definition) is 1. The fourth-order valence-corrected chi connectivity index (χ4v) is 2.36. The molecule has 3 aromatic rings. The number of halogens is 3. The summed E-state index contributed by atoms with van der Waals surface area (Å²) in [6.45, 7) is 3.96. The monoisotopic (exact) mass is 426 g/mol. The van der Waals surface area contributed by atoms with Crippen molar-refractivity contribution in [3.8, 4) is 0 Å². The molecule has 3 rings (SSSR count). The number of tetrazole rings is 2. The zero-order valence-electron chi connectivity index (χ0n) is 16.0. The van der Waals surface area contributed by atoms with E-state index < -0.39 is 17.8 Å². The normalized spacial score (nSPS) is 11.6. The molecule has 0 aliphatic carbocycles. The van der Waals surface area contributed by atoms with Crippen LogP contribution in [0.25, 0.3) is 0 Å². The van der Waals surface area contributed by atoms with Crippen molar-refractivity contribution in [3.05, 3.63) is 34.9 Å². The van der Waals surface area contributed by atoms with Crippen molar-refractivity contribution in [2.75, 3.05) is 5.32 Å². The minimum absolute atomic E-state index is 0.0506. The maximum atomic E-state index is 13.1. The SMILES string of the molecule is CCn1nnc(COCc2nc(C(F)(F)F)ccc2C(=O)Nc2nnnn2CC)n1. The van der Waals surface area contributed by atoms with Crippen molar-refractivity contribution in [1.82, 2.24) is 45.4 Å². The smallest absolute Gasteiger partial charge is 0.367 e. The number of nitrogens with one attached hydrogen (secondary N) is 1. The Morgan fingerprint density at radius 1 is 1.13 bits per heavy atom. The molecule has 160 valence electrons. The van der Waals surface area contributed by atoms with E-state index in [1.807, 2.05) is 6.92 Å². The van der Waals surface area contributed by atoms with Crippen LogP contribution in [0, 0.1) is 0 Å². The van der Waals surface area contributed by atoms with E-state index in [4.69, 9.17) is 4.74 Å². The van der Waals surface area contributed by atoms with E-state index in [-0.39, 0.29) is 36.2 Å². The number of aryl methyl sites for hydroxylation is 2. The van der Waals surface area contributed by atoms with Crippen molar-refractivity contribution >= 4 is 11.9 Å². The first kappa shape index (κ1) is 21.2. The summed E-state index contributed by atoms with van der Waals surface area (Å²) in [6.07, 6.45) is -4.68. The largest absolute Gasteiger partial charge is 0.433 e. The number of ether oxygens (including phenoxy) is 1. The van der Waals surface area contributed by atoms with Gasteiger partial charge in [0.1, 0.15) is 12.3 Å². The van der Waals surface area contributed by atoms with E-state index in [0.29, 0.717) is 13.1 Å². The number of aromatic nitrogens is 9. The van der Waals surface area contributed by atoms with Gasteiger partial charge in [-0.2, -0.15) is 18.0 Å². The number of nitrogens with zero attached hydrogens (tertiary/aromatic N) is 9. The van der Waals surface area contributed by atoms with Gasteiger partial charge in [0.25, 0.3) is 5.91 Å². The Hall–Kier alpha value is -3.49. The summed E-state index contributed by atoms with van der Waals surface area (Å²) in [5.41, 5.74) is -1.47. The fraction of sp³-hybridized carbons (Fsp3) is 0.467. The maximum absolute atomic E-state index is 13.1. The summed E-state index contributed by atoms with van der Waals surface area (Å²) in [7, 11) is 0. The molecule has 3 aromatic heterocycles. The van der Waals surface area contributed by atoms with Crippen LogP contribution in [0.15, 0.2) is 12.1 Å². The van der Waals surface area contributed by atoms with Crippen molar-refractivity contribution < 1.29 is 22.7 Å². The molecule has 1 amide bonds. The molecule has 0 radical (unpaired) electrons. The molecule has 0 aliphatic heterocycles. The molecular weight excluding hydrogens is 409 g/mol. The van der Waals surface area contributed by atoms with Crippen LogP contribution in [0.3, 0.4) is 0 Å². The Morgan fingerprint density at radius 2 is 1.93 bits per heavy atom. The Balaban J connectivity index is 1.79. The Bertz CT molecular complexity index is 1020. The molecule has 0 saturated heterocycles. The van der Waals surface area contributed by atoms with Gasteiger partial charge in [0.05, 0.1) is 24.4 Å². The number of alkyl halides is 3. The van der Waals surface area contributed by atoms with Crippen LogP contribution in [-0.2, 0) is 37.2 Å². The lowest BCUT2D eigenvalue weighted by atomic mass is 10.1. The summed E-state index contributed by atoms with van der Waals surface area (Å²) in [5, 5.41) is 24.7. The summed E-state index contributed by atoms with van der Waals surface area (Å²) < 4.78 is 45.9. The Morgan fingerprint density at radius 3 is 2.60 bits per heavy atom. The average molecular weight is 426 g/mol. The predicted octanol–water partition coefficient (Wildman–Crippen LogP) is 1.08. The van der Waals surface area contributed by atoms with Gasteiger partial charge < -0.3 is 4.74 Å². The zero-order valence-corrected chi connectivity index (χ0v) is 16.0. The van der Waals surface area contributed by atoms with Crippen LogP contribution in [0.4, 0.5) is 19.1 Å². The van der Waals surface area contributed by atoms with Crippen molar-refractivity contribution in [2.24, 2.45) is 0 Å². The van der Waals surface area contributed by atoms with Crippen molar-refractivity contribution in [3.63, 3.8) is 0 Å². The molecule has 0 unspecified atom stereocenters. The third-order valence-electron chi connectivity index (χ3n) is 3.81. The first-order valence-electron chi connectivity index (χ1n) is 8.80. The number of hydrogen-bond acceptors (Lipinski definition) is 9. The van der Waals surface area contributed by atoms with Crippen LogP contribution < -0.4 is 5.32 Å². The summed E-state index contributed by atoms with van der Waals surface area (Å²) in [6, 6.07) is 1.74. The van der Waals surface area contributed by atoms with Gasteiger partial charge in [-0.3, -0.25) is 10.1 Å². The van der Waals surface area contributed by atoms with E-state index in [0.717, 1.165) is 12.1 Å². The van der Waals surface area contributed by atoms with Gasteiger partial charge >= 0.3 is 6.18 Å². The summed E-state index contributed by atoms with van der Waals surface area (Å²) in [5.74, 6) is -0.430. The molecule has 0 aromatic carbocycles. The molecule has 12 nitrogen and oxygen atoms in total. The highest BCUT2D eigenvalue weighted by Gasteiger charge is 2.33. The highest BCUT2D eigenvalue weighted by molar-refractivity contribution is 6.04. The number of carbonyl (C=O) groups is 1. The van der Waals surface area contributed by atoms with Gasteiger partial charge in [-0.1, -0.05) is 5.10 Å². The van der Waals surface area contributed by atoms with Gasteiger partial charge in [0, 0.05) is 6.54 Å². The minimum atomic E-state index is -4.68. The molecule has 1 N–H and O–H groups in total. The van der Waals surface area contributed by atoms with Crippen molar-refractivity contribution in [1.29, 1.82) is 0 Å². The Kier molecular flexibility index (Phi) is 6.29. The predicted molar refractivity (Wildman–Crippen MR) is 92.7 cm³/mol. The number of pyridine rings is 1. The van der Waals surface area contributed by atoms with E-state index in [1.165, 1.54) is 9.48 Å². The van der Waals surface area contributed by atoms with Crippen LogP contribution in [0.5, 0.6) is 0 Å². The standard InChI is InChI=1S/C15H17F3N10O2/c1-3-27-14(22-24-26-27)20-13(29)9-5-6-11(15(16,17)18)19-10(9)7-30-8-12-21-25-28(4-2)23-12/h5-6H,3-4,7-8H2,1-2H3,(H,20,22,26,29). The molecule has 0 spiro atoms. The third-order valence-corrected chi connectivity index (χ3v) is 3.81. The second-order valence-corrected chi connectivity index (χ2v) is 5.85. The van der Waals surface area contributed by atoms with Gasteiger partial charge in [-0.15, -0.1) is 10.2 Å². The molecular formula is C15H17F3N10O2. The zero-order chi connectivity index (χ0) is 21.7. The molecule has 15 heteroatoms. The maximum Gasteiger partial charge on any atom is 0.433 e. The molecule has 0 fully saturated rings. The van der Waals surface area contributed by atoms with E-state index >= 15 is 0 Å². The average Bonchev–Trinajstić information content (AvgIpc) is 3.36. The molecule has 0 saturated carbocycles. The first-order chi connectivity index (χ1) is 14.3. The van der Waals surface area contributed by atoms with E-state index in [2.05, 4.69) is 41.2 Å². The fourth-order valence-electron chi connectivity index (χ4n) is 2.36. The van der Waals surface area contributed by atoms with E-state index in [1.54, 1.807) is 6.92 Å². The quantitative estimate of drug-likeness (QED) is 0.560. The second-order valence-electron chi connectivity index (χ2n) is 5.85. The second kappa shape index (κ2) is 8.89. The van der Waals surface area contributed by atoms with Gasteiger partial charge in [0.2, 0.25) is 5.95 Å². The molecule has 0 bridgehead atoms. The molecule has 0 atom stereocenters. The first-order valence-corrected chi connectivity index (χ1v) is 8.80. The van der Waals surface area contributed by atoms with Gasteiger partial charge in [-0.05, 0) is 41.6 Å². The third kappa shape index (κ3) is 4.91. The lowest BCUT2D eigenvalue weighted by Crippen LogP contribution is -2.20. The topological polar surface area (TPSA) is 138 Å². The minimum Gasteiger partial charge on any atom is -0.367 e. The lowest BCUT2D eigenvalue weighted by Gasteiger charge is -2.12. The molecule has 0 aliphatic rings. The van der Waals surface area contributed by atoms with Crippen LogP contribution in [0.1, 0.15) is 41.4 Å². The van der Waals surface area contributed by atoms with Crippen LogP contribution in [-0.4, -0.2) is 51.3 Å². The molecule has 30 heavy (non-hydrogen) atoms. The highest BCUT2D eigenvalue weighted by atomic mass is 19.4. The Labute approximate surface area is 167 Å². The summed E-state index contributed by atoms with van der Waals surface area (Å²) in [4.78, 5) is 17.5. The van der Waals surface area contributed by atoms with Gasteiger partial charge in [-0.25, -0.2) is 9.67 Å². The number of carbonyl (C=O) groups excluding carboxylic acids is 1. The van der Waals surface area contributed by atoms with Crippen LogP contribution in [0.2, 0.25) is 0 Å². The number of amides is 1. The van der Waals surface area contributed by atoms with Crippen LogP contribution >= 0.6 is 0 Å².